The summed E-state index contributed by atoms with van der Waals surface area (Å²) < 4.78 is 13.7. The van der Waals surface area contributed by atoms with Crippen molar-refractivity contribution in [3.8, 4) is 0 Å². The highest BCUT2D eigenvalue weighted by Gasteiger charge is 2.23. The van der Waals surface area contributed by atoms with Crippen LogP contribution in [-0.4, -0.2) is 6.54 Å². The Labute approximate surface area is 92.2 Å². The molecule has 2 rings (SSSR count). The van der Waals surface area contributed by atoms with Crippen LogP contribution in [0.4, 0.5) is 4.39 Å². The summed E-state index contributed by atoms with van der Waals surface area (Å²) in [6.45, 7) is 0.910. The van der Waals surface area contributed by atoms with Gasteiger partial charge in [-0.3, -0.25) is 0 Å². The second-order valence-electron chi connectivity index (χ2n) is 3.41. The Kier molecular flexibility index (Phi) is 2.96. The molecule has 0 aliphatic carbocycles. The topological polar surface area (TPSA) is 12.0 Å². The number of benzene rings is 1. The Bertz CT molecular complexity index is 348. The van der Waals surface area contributed by atoms with Gasteiger partial charge in [-0.25, -0.2) is 4.39 Å². The van der Waals surface area contributed by atoms with E-state index in [0.29, 0.717) is 10.6 Å². The van der Waals surface area contributed by atoms with Gasteiger partial charge in [0.15, 0.2) is 0 Å². The fourth-order valence-electron chi connectivity index (χ4n) is 1.79. The molecule has 0 radical (unpaired) electrons. The Hall–Kier alpha value is -0.310. The van der Waals surface area contributed by atoms with Gasteiger partial charge in [0.2, 0.25) is 0 Å². The molecule has 1 heterocycles. The predicted molar refractivity (Wildman–Crippen MR) is 56.4 cm³/mol. The Morgan fingerprint density at radius 1 is 1.29 bits per heavy atom. The summed E-state index contributed by atoms with van der Waals surface area (Å²) in [5.41, 5.74) is 0.511. The molecule has 1 saturated heterocycles. The van der Waals surface area contributed by atoms with Crippen LogP contribution in [0.25, 0.3) is 0 Å². The first-order valence-electron chi connectivity index (χ1n) is 4.57. The van der Waals surface area contributed by atoms with E-state index in [9.17, 15) is 4.39 Å². The van der Waals surface area contributed by atoms with Crippen LogP contribution in [0.5, 0.6) is 0 Å². The maximum Gasteiger partial charge on any atom is 0.148 e. The number of hydrogen-bond donors (Lipinski definition) is 1. The number of halogens is 3. The summed E-state index contributed by atoms with van der Waals surface area (Å²) in [5, 5.41) is 3.79. The quantitative estimate of drug-likeness (QED) is 0.732. The third-order valence-electron chi connectivity index (χ3n) is 2.49. The molecular formula is C10H10Cl2FN. The summed E-state index contributed by atoms with van der Waals surface area (Å²) in [4.78, 5) is 0. The molecule has 0 unspecified atom stereocenters. The zero-order valence-corrected chi connectivity index (χ0v) is 9.00. The molecule has 1 aliphatic heterocycles. The van der Waals surface area contributed by atoms with Crippen LogP contribution >= 0.6 is 23.2 Å². The SMILES string of the molecule is Fc1c(Cl)ccc(Cl)c1[C@H]1CCCN1. The van der Waals surface area contributed by atoms with Crippen molar-refractivity contribution in [1.29, 1.82) is 0 Å². The molecule has 1 atom stereocenters. The first-order valence-corrected chi connectivity index (χ1v) is 5.32. The van der Waals surface area contributed by atoms with Gasteiger partial charge in [-0.1, -0.05) is 23.2 Å². The second kappa shape index (κ2) is 4.05. The minimum Gasteiger partial charge on any atom is -0.310 e. The smallest absolute Gasteiger partial charge is 0.148 e. The average Bonchev–Trinajstić information content (AvgIpc) is 2.65. The summed E-state index contributed by atoms with van der Waals surface area (Å²) in [7, 11) is 0. The maximum absolute atomic E-state index is 13.7. The molecule has 1 fully saturated rings. The van der Waals surface area contributed by atoms with E-state index in [0.717, 1.165) is 19.4 Å². The van der Waals surface area contributed by atoms with Crippen LogP contribution in [-0.2, 0) is 0 Å². The van der Waals surface area contributed by atoms with E-state index in [1.54, 1.807) is 6.07 Å². The van der Waals surface area contributed by atoms with Crippen molar-refractivity contribution in [2.75, 3.05) is 6.54 Å². The van der Waals surface area contributed by atoms with Crippen LogP contribution in [0.2, 0.25) is 10.0 Å². The third-order valence-corrected chi connectivity index (χ3v) is 3.11. The van der Waals surface area contributed by atoms with E-state index in [-0.39, 0.29) is 11.1 Å². The van der Waals surface area contributed by atoms with Crippen LogP contribution in [0, 0.1) is 5.82 Å². The van der Waals surface area contributed by atoms with E-state index in [4.69, 9.17) is 23.2 Å². The highest BCUT2D eigenvalue weighted by atomic mass is 35.5. The van der Waals surface area contributed by atoms with Crippen LogP contribution in [0.3, 0.4) is 0 Å². The Balaban J connectivity index is 2.44. The molecule has 4 heteroatoms. The molecule has 0 saturated carbocycles. The molecule has 1 aliphatic rings. The van der Waals surface area contributed by atoms with Crippen LogP contribution in [0.1, 0.15) is 24.4 Å². The first kappa shape index (κ1) is 10.2. The lowest BCUT2D eigenvalue weighted by atomic mass is 10.0. The predicted octanol–water partition coefficient (Wildman–Crippen LogP) is 3.56. The van der Waals surface area contributed by atoms with E-state index in [1.165, 1.54) is 6.07 Å². The monoisotopic (exact) mass is 233 g/mol. The van der Waals surface area contributed by atoms with Gasteiger partial charge in [0, 0.05) is 16.6 Å². The maximum atomic E-state index is 13.7. The fraction of sp³-hybridized carbons (Fsp3) is 0.400. The fourth-order valence-corrected chi connectivity index (χ4v) is 2.24. The second-order valence-corrected chi connectivity index (χ2v) is 4.22. The molecule has 0 spiro atoms. The Morgan fingerprint density at radius 3 is 2.64 bits per heavy atom. The summed E-state index contributed by atoms with van der Waals surface area (Å²) in [5.74, 6) is -0.390. The molecule has 1 aromatic carbocycles. The van der Waals surface area contributed by atoms with E-state index in [1.807, 2.05) is 0 Å². The number of hydrogen-bond acceptors (Lipinski definition) is 1. The molecule has 76 valence electrons. The van der Waals surface area contributed by atoms with Crippen molar-refractivity contribution < 1.29 is 4.39 Å². The molecule has 0 amide bonds. The largest absolute Gasteiger partial charge is 0.310 e. The summed E-state index contributed by atoms with van der Waals surface area (Å²) in [6, 6.07) is 3.14. The standard InChI is InChI=1S/C10H10Cl2FN/c11-6-3-4-7(12)10(13)9(6)8-2-1-5-14-8/h3-4,8,14H,1-2,5H2/t8-/m1/s1. The lowest BCUT2D eigenvalue weighted by Crippen LogP contribution is -2.15. The molecule has 1 aromatic rings. The minimum atomic E-state index is -0.390. The van der Waals surface area contributed by atoms with Crippen molar-refractivity contribution in [2.45, 2.75) is 18.9 Å². The lowest BCUT2D eigenvalue weighted by Gasteiger charge is -2.14. The van der Waals surface area contributed by atoms with Crippen LogP contribution < -0.4 is 5.32 Å². The van der Waals surface area contributed by atoms with E-state index < -0.39 is 5.82 Å². The summed E-state index contributed by atoms with van der Waals surface area (Å²) in [6.07, 6.45) is 1.96. The van der Waals surface area contributed by atoms with Crippen LogP contribution in [0.15, 0.2) is 12.1 Å². The normalized spacial score (nSPS) is 21.5. The van der Waals surface area contributed by atoms with Gasteiger partial charge in [-0.15, -0.1) is 0 Å². The molecule has 14 heavy (non-hydrogen) atoms. The van der Waals surface area contributed by atoms with Crippen molar-refractivity contribution in [1.82, 2.24) is 5.32 Å². The Morgan fingerprint density at radius 2 is 2.00 bits per heavy atom. The zero-order chi connectivity index (χ0) is 10.1. The zero-order valence-electron chi connectivity index (χ0n) is 7.49. The molecule has 0 bridgehead atoms. The molecule has 1 nitrogen and oxygen atoms in total. The van der Waals surface area contributed by atoms with Crippen molar-refractivity contribution in [2.24, 2.45) is 0 Å². The number of rotatable bonds is 1. The molecule has 1 N–H and O–H groups in total. The minimum absolute atomic E-state index is 0.0150. The first-order chi connectivity index (χ1) is 6.70. The van der Waals surface area contributed by atoms with Crippen molar-refractivity contribution in [3.63, 3.8) is 0 Å². The van der Waals surface area contributed by atoms with Gasteiger partial charge >= 0.3 is 0 Å². The van der Waals surface area contributed by atoms with Gasteiger partial charge in [0.1, 0.15) is 5.82 Å². The molecular weight excluding hydrogens is 224 g/mol. The summed E-state index contributed by atoms with van der Waals surface area (Å²) >= 11 is 11.6. The average molecular weight is 234 g/mol. The van der Waals surface area contributed by atoms with E-state index in [2.05, 4.69) is 5.32 Å². The molecule has 0 aromatic heterocycles. The van der Waals surface area contributed by atoms with E-state index >= 15 is 0 Å². The van der Waals surface area contributed by atoms with Gasteiger partial charge < -0.3 is 5.32 Å². The van der Waals surface area contributed by atoms with Crippen molar-refractivity contribution >= 4 is 23.2 Å². The highest BCUT2D eigenvalue weighted by Crippen LogP contribution is 2.34. The van der Waals surface area contributed by atoms with Gasteiger partial charge in [-0.05, 0) is 31.5 Å². The van der Waals surface area contributed by atoms with Gasteiger partial charge in [0.25, 0.3) is 0 Å². The number of nitrogens with one attached hydrogen (secondary N) is 1. The third kappa shape index (κ3) is 1.74. The van der Waals surface area contributed by atoms with Gasteiger partial charge in [-0.2, -0.15) is 0 Å². The lowest BCUT2D eigenvalue weighted by molar-refractivity contribution is 0.559. The van der Waals surface area contributed by atoms with Gasteiger partial charge in [0.05, 0.1) is 5.02 Å². The highest BCUT2D eigenvalue weighted by molar-refractivity contribution is 6.33. The van der Waals surface area contributed by atoms with Crippen molar-refractivity contribution in [3.05, 3.63) is 33.6 Å².